The lowest BCUT2D eigenvalue weighted by atomic mass is 10.3. The maximum atomic E-state index is 11.2. The van der Waals surface area contributed by atoms with Crippen LogP contribution in [0.25, 0.3) is 0 Å². The minimum Gasteiger partial charge on any atom is -0.549 e. The number of Topliss-reactive ketones (excluding diaryl/α,β-unsaturated/α-hetero) is 2. The maximum absolute atomic E-state index is 11.2. The molecule has 154 valence electrons. The topological polar surface area (TPSA) is 164 Å². The summed E-state index contributed by atoms with van der Waals surface area (Å²) in [5, 5.41) is 32.4. The number of hydrogen-bond donors (Lipinski definition) is 0. The summed E-state index contributed by atoms with van der Waals surface area (Å²) in [5.41, 5.74) is 0. The van der Waals surface area contributed by atoms with Gasteiger partial charge in [-0.3, -0.25) is 24.3 Å². The molecule has 0 aromatic rings. The Morgan fingerprint density at radius 2 is 0.778 bits per heavy atom. The number of rotatable bonds is 16. The second kappa shape index (κ2) is 12.9. The van der Waals surface area contributed by atoms with Crippen molar-refractivity contribution in [3.05, 3.63) is 0 Å². The molecular formula is C16H24N3O8-3. The second-order valence-corrected chi connectivity index (χ2v) is 6.22. The molecule has 0 aliphatic rings. The average molecular weight is 386 g/mol. The van der Waals surface area contributed by atoms with Crippen molar-refractivity contribution in [2.24, 2.45) is 0 Å². The van der Waals surface area contributed by atoms with Gasteiger partial charge in [0.25, 0.3) is 0 Å². The number of carbonyl (C=O) groups is 5. The molecule has 0 amide bonds. The maximum Gasteiger partial charge on any atom is 0.143 e. The van der Waals surface area contributed by atoms with Gasteiger partial charge in [-0.2, -0.15) is 0 Å². The van der Waals surface area contributed by atoms with E-state index in [0.29, 0.717) is 0 Å². The van der Waals surface area contributed by atoms with Crippen LogP contribution in [0.4, 0.5) is 0 Å². The van der Waals surface area contributed by atoms with Gasteiger partial charge in [0, 0.05) is 45.8 Å². The Morgan fingerprint density at radius 3 is 1.04 bits per heavy atom. The molecule has 0 aromatic carbocycles. The van der Waals surface area contributed by atoms with E-state index in [1.807, 2.05) is 0 Å². The quantitative estimate of drug-likeness (QED) is 0.248. The molecule has 0 radical (unpaired) electrons. The number of aliphatic carboxylic acids is 3. The van der Waals surface area contributed by atoms with Crippen LogP contribution in [-0.4, -0.2) is 103 Å². The standard InChI is InChI=1S/C16H27N3O8/c1-12(20)7-18(10-15(24)25)5-3-17(9-14(22)23)4-6-19(8-13(2)21)11-16(26)27/h3-11H2,1-2H3,(H,22,23)(H,24,25)(H,26,27)/p-3. The van der Waals surface area contributed by atoms with Crippen LogP contribution in [0.5, 0.6) is 0 Å². The van der Waals surface area contributed by atoms with Gasteiger partial charge in [0.1, 0.15) is 11.6 Å². The van der Waals surface area contributed by atoms with Crippen LogP contribution < -0.4 is 15.3 Å². The first-order valence-electron chi connectivity index (χ1n) is 8.25. The van der Waals surface area contributed by atoms with Crippen LogP contribution >= 0.6 is 0 Å². The van der Waals surface area contributed by atoms with Crippen molar-refractivity contribution in [3.63, 3.8) is 0 Å². The van der Waals surface area contributed by atoms with Crippen LogP contribution in [-0.2, 0) is 24.0 Å². The first-order chi connectivity index (χ1) is 12.5. The molecule has 0 aliphatic carbocycles. The number of carbonyl (C=O) groups excluding carboxylic acids is 5. The summed E-state index contributed by atoms with van der Waals surface area (Å²) in [4.78, 5) is 58.8. The monoisotopic (exact) mass is 386 g/mol. The molecule has 0 rings (SSSR count). The van der Waals surface area contributed by atoms with Crippen LogP contribution in [0.3, 0.4) is 0 Å². The van der Waals surface area contributed by atoms with E-state index >= 15 is 0 Å². The zero-order valence-electron chi connectivity index (χ0n) is 15.5. The van der Waals surface area contributed by atoms with Gasteiger partial charge in [0.15, 0.2) is 0 Å². The Kier molecular flexibility index (Phi) is 11.8. The van der Waals surface area contributed by atoms with Crippen LogP contribution in [0.15, 0.2) is 0 Å². The third kappa shape index (κ3) is 14.5. The van der Waals surface area contributed by atoms with Crippen LogP contribution in [0.2, 0.25) is 0 Å². The Labute approximate surface area is 157 Å². The summed E-state index contributed by atoms with van der Waals surface area (Å²) in [5.74, 6) is -4.63. The third-order valence-electron chi connectivity index (χ3n) is 3.42. The van der Waals surface area contributed by atoms with Gasteiger partial charge in [-0.15, -0.1) is 0 Å². The molecule has 0 saturated carbocycles. The van der Waals surface area contributed by atoms with E-state index < -0.39 is 37.5 Å². The van der Waals surface area contributed by atoms with Crippen molar-refractivity contribution in [2.75, 3.05) is 58.9 Å². The molecule has 0 unspecified atom stereocenters. The highest BCUT2D eigenvalue weighted by atomic mass is 16.4. The van der Waals surface area contributed by atoms with E-state index in [0.717, 1.165) is 0 Å². The van der Waals surface area contributed by atoms with E-state index in [-0.39, 0.29) is 50.8 Å². The fraction of sp³-hybridized carbons (Fsp3) is 0.688. The Hall–Kier alpha value is -2.37. The lowest BCUT2D eigenvalue weighted by molar-refractivity contribution is -0.308. The largest absolute Gasteiger partial charge is 0.549 e. The number of carboxylic acid groups (broad SMARTS) is 3. The summed E-state index contributed by atoms with van der Waals surface area (Å²) in [6, 6.07) is 0. The highest BCUT2D eigenvalue weighted by Crippen LogP contribution is 1.96. The average Bonchev–Trinajstić information content (AvgIpc) is 2.46. The predicted octanol–water partition coefficient (Wildman–Crippen LogP) is -5.68. The van der Waals surface area contributed by atoms with Crippen LogP contribution in [0, 0.1) is 0 Å². The van der Waals surface area contributed by atoms with Gasteiger partial charge < -0.3 is 29.7 Å². The van der Waals surface area contributed by atoms with Crippen molar-refractivity contribution in [3.8, 4) is 0 Å². The Balaban J connectivity index is 4.85. The van der Waals surface area contributed by atoms with Gasteiger partial charge in [-0.05, 0) is 13.8 Å². The molecule has 0 saturated heterocycles. The van der Waals surface area contributed by atoms with Gasteiger partial charge in [-0.1, -0.05) is 0 Å². The van der Waals surface area contributed by atoms with E-state index in [2.05, 4.69) is 0 Å². The van der Waals surface area contributed by atoms with Crippen molar-refractivity contribution in [2.45, 2.75) is 13.8 Å². The molecule has 11 heteroatoms. The van der Waals surface area contributed by atoms with Crippen molar-refractivity contribution < 1.29 is 39.3 Å². The Morgan fingerprint density at radius 1 is 0.519 bits per heavy atom. The van der Waals surface area contributed by atoms with Gasteiger partial charge in [0.2, 0.25) is 0 Å². The highest BCUT2D eigenvalue weighted by Gasteiger charge is 2.14. The molecule has 0 bridgehead atoms. The zero-order valence-corrected chi connectivity index (χ0v) is 15.5. The van der Waals surface area contributed by atoms with E-state index in [1.165, 1.54) is 28.5 Å². The van der Waals surface area contributed by atoms with Gasteiger partial charge >= 0.3 is 0 Å². The number of carboxylic acids is 3. The van der Waals surface area contributed by atoms with Gasteiger partial charge in [0.05, 0.1) is 31.0 Å². The molecule has 0 N–H and O–H groups in total. The smallest absolute Gasteiger partial charge is 0.143 e. The summed E-state index contributed by atoms with van der Waals surface area (Å²) in [7, 11) is 0. The van der Waals surface area contributed by atoms with Crippen molar-refractivity contribution in [1.29, 1.82) is 0 Å². The highest BCUT2D eigenvalue weighted by molar-refractivity contribution is 5.78. The SMILES string of the molecule is CC(=O)CN(CCN(CCN(CC(C)=O)CC(=O)[O-])CC(=O)[O-])CC(=O)[O-]. The first-order valence-corrected chi connectivity index (χ1v) is 8.25. The van der Waals surface area contributed by atoms with E-state index in [9.17, 15) is 39.3 Å². The molecule has 0 aliphatic heterocycles. The number of ketones is 2. The molecule has 0 aromatic heterocycles. The van der Waals surface area contributed by atoms with Gasteiger partial charge in [-0.25, -0.2) is 0 Å². The molecule has 0 fully saturated rings. The normalized spacial score (nSPS) is 11.1. The second-order valence-electron chi connectivity index (χ2n) is 6.22. The molecule has 0 spiro atoms. The van der Waals surface area contributed by atoms with Crippen molar-refractivity contribution >= 4 is 29.5 Å². The lowest BCUT2D eigenvalue weighted by Crippen LogP contribution is -2.48. The minimum absolute atomic E-state index is 0.0774. The van der Waals surface area contributed by atoms with E-state index in [4.69, 9.17) is 0 Å². The van der Waals surface area contributed by atoms with E-state index in [1.54, 1.807) is 0 Å². The Bertz CT molecular complexity index is 480. The molecule has 0 atom stereocenters. The zero-order chi connectivity index (χ0) is 21.0. The summed E-state index contributed by atoms with van der Waals surface area (Å²) in [6.07, 6.45) is 0. The number of hydrogen-bond acceptors (Lipinski definition) is 11. The van der Waals surface area contributed by atoms with Crippen LogP contribution in [0.1, 0.15) is 13.8 Å². The molecule has 11 nitrogen and oxygen atoms in total. The first kappa shape index (κ1) is 24.6. The summed E-state index contributed by atoms with van der Waals surface area (Å²) >= 11 is 0. The fourth-order valence-electron chi connectivity index (χ4n) is 2.44. The van der Waals surface area contributed by atoms with Crippen molar-refractivity contribution in [1.82, 2.24) is 14.7 Å². The minimum atomic E-state index is -1.37. The molecular weight excluding hydrogens is 362 g/mol. The molecule has 0 heterocycles. The summed E-state index contributed by atoms with van der Waals surface area (Å²) in [6.45, 7) is 1.21. The third-order valence-corrected chi connectivity index (χ3v) is 3.42. The molecule has 27 heavy (non-hydrogen) atoms. The predicted molar refractivity (Wildman–Crippen MR) is 85.7 cm³/mol. The fourth-order valence-corrected chi connectivity index (χ4v) is 2.44. The lowest BCUT2D eigenvalue weighted by Gasteiger charge is -2.30. The summed E-state index contributed by atoms with van der Waals surface area (Å²) < 4.78 is 0. The number of nitrogens with zero attached hydrogens (tertiary/aromatic N) is 3.